The van der Waals surface area contributed by atoms with E-state index in [9.17, 15) is 0 Å². The van der Waals surface area contributed by atoms with Crippen LogP contribution in [0.15, 0.2) is 24.3 Å². The summed E-state index contributed by atoms with van der Waals surface area (Å²) in [6.07, 6.45) is 7.26. The Morgan fingerprint density at radius 1 is 0.368 bits per heavy atom. The highest BCUT2D eigenvalue weighted by Crippen LogP contribution is 2.11. The molecule has 0 atom stereocenters. The van der Waals surface area contributed by atoms with Gasteiger partial charge >= 0.3 is 0 Å². The van der Waals surface area contributed by atoms with Gasteiger partial charge in [-0.15, -0.1) is 0 Å². The van der Waals surface area contributed by atoms with Gasteiger partial charge in [-0.25, -0.2) is 0 Å². The highest BCUT2D eigenvalue weighted by molar-refractivity contribution is 5.22. The Hall–Kier alpha value is -1.10. The lowest BCUT2D eigenvalue weighted by atomic mass is 10.1. The molecule has 2 fully saturated rings. The van der Waals surface area contributed by atoms with Crippen LogP contribution in [0.3, 0.4) is 0 Å². The normalized spacial score (nSPS) is 22.9. The predicted molar refractivity (Wildman–Crippen MR) is 162 cm³/mol. The molecule has 0 spiro atoms. The second-order valence-corrected chi connectivity index (χ2v) is 11.0. The van der Waals surface area contributed by atoms with Crippen molar-refractivity contribution in [2.24, 2.45) is 0 Å². The molecule has 38 heavy (non-hydrogen) atoms. The molecule has 0 radical (unpaired) electrons. The van der Waals surface area contributed by atoms with Gasteiger partial charge in [0.1, 0.15) is 0 Å². The molecule has 8 heteroatoms. The predicted octanol–water partition coefficient (Wildman–Crippen LogP) is 1.20. The monoisotopic (exact) mass is 530 g/mol. The summed E-state index contributed by atoms with van der Waals surface area (Å²) >= 11 is 0. The van der Waals surface area contributed by atoms with Crippen LogP contribution in [-0.2, 0) is 13.1 Å². The van der Waals surface area contributed by atoms with E-state index in [4.69, 9.17) is 0 Å². The topological polar surface area (TPSA) is 78.7 Å². The summed E-state index contributed by atoms with van der Waals surface area (Å²) in [6.45, 7) is 19.9. The average molecular weight is 531 g/mol. The van der Waals surface area contributed by atoms with Crippen LogP contribution in [-0.4, -0.2) is 115 Å². The molecule has 2 saturated heterocycles. The second kappa shape index (κ2) is 21.7. The molecule has 0 unspecified atom stereocenters. The number of nitrogens with one attached hydrogen (secondary N) is 6. The molecular formula is C30H58N8. The zero-order valence-electron chi connectivity index (χ0n) is 24.2. The highest BCUT2D eigenvalue weighted by Gasteiger charge is 2.09. The summed E-state index contributed by atoms with van der Waals surface area (Å²) in [5.41, 5.74) is 2.87. The minimum atomic E-state index is 1.04. The van der Waals surface area contributed by atoms with E-state index < -0.39 is 0 Å². The number of rotatable bonds is 4. The van der Waals surface area contributed by atoms with Crippen LogP contribution >= 0.6 is 0 Å². The van der Waals surface area contributed by atoms with E-state index in [1.165, 1.54) is 49.7 Å². The lowest BCUT2D eigenvalue weighted by molar-refractivity contribution is 0.255. The minimum absolute atomic E-state index is 1.04. The molecule has 6 N–H and O–H groups in total. The number of benzene rings is 1. The fourth-order valence-corrected chi connectivity index (χ4v) is 5.27. The molecule has 1 aromatic rings. The molecule has 2 heterocycles. The maximum atomic E-state index is 3.63. The molecule has 0 bridgehead atoms. The van der Waals surface area contributed by atoms with Crippen LogP contribution in [0.1, 0.15) is 49.7 Å². The first-order valence-corrected chi connectivity index (χ1v) is 15.7. The van der Waals surface area contributed by atoms with Gasteiger partial charge in [-0.1, -0.05) is 24.3 Å². The first-order valence-electron chi connectivity index (χ1n) is 15.7. The summed E-state index contributed by atoms with van der Waals surface area (Å²) < 4.78 is 0. The number of nitrogens with zero attached hydrogens (tertiary/aromatic N) is 2. The SMILES string of the molecule is c1cc(CN2CCCNCCNCCCNCC2)ccc1CN1CCCNCCCNCCCNCCC1. The van der Waals surface area contributed by atoms with Gasteiger partial charge in [-0.3, -0.25) is 9.80 Å². The van der Waals surface area contributed by atoms with Gasteiger partial charge in [0.05, 0.1) is 0 Å². The quantitative estimate of drug-likeness (QED) is 0.347. The molecular weight excluding hydrogens is 472 g/mol. The highest BCUT2D eigenvalue weighted by atomic mass is 15.1. The molecule has 0 aromatic heterocycles. The van der Waals surface area contributed by atoms with Crippen LogP contribution in [0.2, 0.25) is 0 Å². The van der Waals surface area contributed by atoms with Crippen molar-refractivity contribution in [1.82, 2.24) is 41.7 Å². The average Bonchev–Trinajstić information content (AvgIpc) is 2.93. The lowest BCUT2D eigenvalue weighted by Crippen LogP contribution is -2.36. The van der Waals surface area contributed by atoms with Gasteiger partial charge in [0.2, 0.25) is 0 Å². The zero-order valence-corrected chi connectivity index (χ0v) is 24.2. The third-order valence-electron chi connectivity index (χ3n) is 7.52. The van der Waals surface area contributed by atoms with Crippen LogP contribution in [0.25, 0.3) is 0 Å². The summed E-state index contributed by atoms with van der Waals surface area (Å²) in [5.74, 6) is 0. The van der Waals surface area contributed by atoms with Crippen molar-refractivity contribution in [2.45, 2.75) is 51.6 Å². The van der Waals surface area contributed by atoms with Crippen molar-refractivity contribution in [3.8, 4) is 0 Å². The molecule has 0 aliphatic carbocycles. The Bertz CT molecular complexity index is 641. The van der Waals surface area contributed by atoms with Crippen molar-refractivity contribution >= 4 is 0 Å². The first-order chi connectivity index (χ1) is 18.9. The van der Waals surface area contributed by atoms with Crippen molar-refractivity contribution in [2.75, 3.05) is 105 Å². The Balaban J connectivity index is 1.45. The van der Waals surface area contributed by atoms with E-state index in [0.717, 1.165) is 118 Å². The van der Waals surface area contributed by atoms with E-state index in [1.807, 2.05) is 0 Å². The number of hydrogen-bond acceptors (Lipinski definition) is 8. The Kier molecular flexibility index (Phi) is 17.9. The molecule has 3 rings (SSSR count). The fraction of sp³-hybridized carbons (Fsp3) is 0.800. The van der Waals surface area contributed by atoms with Gasteiger partial charge in [0.15, 0.2) is 0 Å². The Morgan fingerprint density at radius 3 is 1.11 bits per heavy atom. The maximum Gasteiger partial charge on any atom is 0.0234 e. The molecule has 2 aliphatic heterocycles. The Morgan fingerprint density at radius 2 is 0.684 bits per heavy atom. The van der Waals surface area contributed by atoms with Crippen molar-refractivity contribution < 1.29 is 0 Å². The van der Waals surface area contributed by atoms with Crippen molar-refractivity contribution in [3.63, 3.8) is 0 Å². The second-order valence-electron chi connectivity index (χ2n) is 11.0. The molecule has 0 amide bonds. The van der Waals surface area contributed by atoms with E-state index in [-0.39, 0.29) is 0 Å². The van der Waals surface area contributed by atoms with E-state index in [1.54, 1.807) is 0 Å². The van der Waals surface area contributed by atoms with Gasteiger partial charge in [-0.2, -0.15) is 0 Å². The van der Waals surface area contributed by atoms with Crippen LogP contribution in [0.4, 0.5) is 0 Å². The smallest absolute Gasteiger partial charge is 0.0234 e. The molecule has 1 aromatic carbocycles. The lowest BCUT2D eigenvalue weighted by Gasteiger charge is -2.24. The molecule has 2 aliphatic rings. The zero-order chi connectivity index (χ0) is 26.4. The first kappa shape index (κ1) is 31.4. The molecule has 0 saturated carbocycles. The summed E-state index contributed by atoms with van der Waals surface area (Å²) in [6, 6.07) is 9.47. The van der Waals surface area contributed by atoms with Crippen molar-refractivity contribution in [3.05, 3.63) is 35.4 Å². The summed E-state index contributed by atoms with van der Waals surface area (Å²) in [7, 11) is 0. The third kappa shape index (κ3) is 15.5. The molecule has 8 nitrogen and oxygen atoms in total. The standard InChI is InChI=1S/C30H58N8/c1-11-31-12-2-14-33-18-5-24-37(23-4-17-32-13-1)27-29-7-9-30(10-8-29)28-38-25-6-19-35-21-20-34-15-3-16-36-22-26-38/h7-10,31-36H,1-6,11-28H2. The van der Waals surface area contributed by atoms with Crippen LogP contribution in [0.5, 0.6) is 0 Å². The van der Waals surface area contributed by atoms with Gasteiger partial charge in [0, 0.05) is 39.3 Å². The minimum Gasteiger partial charge on any atom is -0.317 e. The van der Waals surface area contributed by atoms with Gasteiger partial charge in [0.25, 0.3) is 0 Å². The number of hydrogen-bond donors (Lipinski definition) is 6. The van der Waals surface area contributed by atoms with E-state index in [0.29, 0.717) is 0 Å². The van der Waals surface area contributed by atoms with Crippen molar-refractivity contribution in [1.29, 1.82) is 0 Å². The third-order valence-corrected chi connectivity index (χ3v) is 7.52. The van der Waals surface area contributed by atoms with E-state index >= 15 is 0 Å². The Labute approximate surface area is 233 Å². The summed E-state index contributed by atoms with van der Waals surface area (Å²) in [5, 5.41) is 21.5. The van der Waals surface area contributed by atoms with Gasteiger partial charge in [-0.05, 0) is 128 Å². The fourth-order valence-electron chi connectivity index (χ4n) is 5.27. The molecule has 218 valence electrons. The maximum absolute atomic E-state index is 3.63. The van der Waals surface area contributed by atoms with Crippen LogP contribution < -0.4 is 31.9 Å². The van der Waals surface area contributed by atoms with Crippen LogP contribution in [0, 0.1) is 0 Å². The van der Waals surface area contributed by atoms with E-state index in [2.05, 4.69) is 66.0 Å². The van der Waals surface area contributed by atoms with Gasteiger partial charge < -0.3 is 31.9 Å². The largest absolute Gasteiger partial charge is 0.317 e. The summed E-state index contributed by atoms with van der Waals surface area (Å²) in [4.78, 5) is 5.27.